The smallest absolute Gasteiger partial charge is 0.132 e. The molecule has 5 heteroatoms. The molecule has 5 nitrogen and oxygen atoms in total. The summed E-state index contributed by atoms with van der Waals surface area (Å²) >= 11 is 0. The molecule has 1 aliphatic heterocycles. The van der Waals surface area contributed by atoms with Gasteiger partial charge >= 0.3 is 0 Å². The maximum absolute atomic E-state index is 5.57. The number of morpholine rings is 1. The van der Waals surface area contributed by atoms with Gasteiger partial charge in [0.2, 0.25) is 0 Å². The first kappa shape index (κ1) is 13.2. The van der Waals surface area contributed by atoms with E-state index >= 15 is 0 Å². The molecular formula is C13H22N4O. The van der Waals surface area contributed by atoms with E-state index in [1.54, 1.807) is 6.33 Å². The van der Waals surface area contributed by atoms with Crippen molar-refractivity contribution in [2.24, 2.45) is 0 Å². The molecule has 1 unspecified atom stereocenters. The summed E-state index contributed by atoms with van der Waals surface area (Å²) in [6.07, 6.45) is 1.63. The predicted molar refractivity (Wildman–Crippen MR) is 71.9 cm³/mol. The van der Waals surface area contributed by atoms with E-state index in [-0.39, 0.29) is 0 Å². The lowest BCUT2D eigenvalue weighted by atomic mass is 10.2. The number of nitrogens with one attached hydrogen (secondary N) is 1. The van der Waals surface area contributed by atoms with Crippen molar-refractivity contribution in [1.29, 1.82) is 0 Å². The van der Waals surface area contributed by atoms with E-state index in [2.05, 4.69) is 34.0 Å². The molecule has 1 fully saturated rings. The van der Waals surface area contributed by atoms with Gasteiger partial charge in [-0.3, -0.25) is 0 Å². The Labute approximate surface area is 109 Å². The van der Waals surface area contributed by atoms with Crippen molar-refractivity contribution in [3.63, 3.8) is 0 Å². The molecule has 2 heterocycles. The number of aromatic nitrogens is 2. The second-order valence-corrected chi connectivity index (χ2v) is 5.00. The summed E-state index contributed by atoms with van der Waals surface area (Å²) in [5.41, 5.74) is 1.00. The van der Waals surface area contributed by atoms with Gasteiger partial charge in [-0.15, -0.1) is 0 Å². The minimum atomic E-state index is 0.343. The summed E-state index contributed by atoms with van der Waals surface area (Å²) in [5, 5.41) is 3.46. The molecule has 1 aromatic heterocycles. The van der Waals surface area contributed by atoms with Crippen molar-refractivity contribution in [2.45, 2.75) is 32.9 Å². The fraction of sp³-hybridized carbons (Fsp3) is 0.692. The van der Waals surface area contributed by atoms with Crippen LogP contribution in [0.2, 0.25) is 0 Å². The van der Waals surface area contributed by atoms with Crippen LogP contribution in [-0.2, 0) is 4.74 Å². The second-order valence-electron chi connectivity index (χ2n) is 5.00. The van der Waals surface area contributed by atoms with Crippen LogP contribution < -0.4 is 10.2 Å². The van der Waals surface area contributed by atoms with Gasteiger partial charge in [-0.1, -0.05) is 13.8 Å². The Morgan fingerprint density at radius 3 is 3.06 bits per heavy atom. The lowest BCUT2D eigenvalue weighted by Crippen LogP contribution is -2.51. The molecule has 100 valence electrons. The molecule has 1 saturated heterocycles. The first-order chi connectivity index (χ1) is 8.66. The molecule has 1 atom stereocenters. The molecule has 1 aliphatic rings. The van der Waals surface area contributed by atoms with Gasteiger partial charge in [0.05, 0.1) is 19.3 Å². The molecule has 0 aliphatic carbocycles. The SMILES string of the molecule is Cc1cc(N2CCOCC2CNC(C)C)ncn1. The fourth-order valence-corrected chi connectivity index (χ4v) is 2.09. The van der Waals surface area contributed by atoms with Gasteiger partial charge in [-0.25, -0.2) is 9.97 Å². The zero-order valence-corrected chi connectivity index (χ0v) is 11.4. The van der Waals surface area contributed by atoms with Gasteiger partial charge in [0.1, 0.15) is 12.1 Å². The number of nitrogens with zero attached hydrogens (tertiary/aromatic N) is 3. The van der Waals surface area contributed by atoms with E-state index in [4.69, 9.17) is 4.74 Å². The fourth-order valence-electron chi connectivity index (χ4n) is 2.09. The summed E-state index contributed by atoms with van der Waals surface area (Å²) in [6, 6.07) is 2.87. The van der Waals surface area contributed by atoms with Crippen LogP contribution in [0.1, 0.15) is 19.5 Å². The Balaban J connectivity index is 2.07. The highest BCUT2D eigenvalue weighted by Crippen LogP contribution is 2.17. The molecule has 0 spiro atoms. The van der Waals surface area contributed by atoms with Crippen molar-refractivity contribution in [1.82, 2.24) is 15.3 Å². The van der Waals surface area contributed by atoms with E-state index in [1.807, 2.05) is 13.0 Å². The molecule has 0 bridgehead atoms. The minimum Gasteiger partial charge on any atom is -0.377 e. The highest BCUT2D eigenvalue weighted by atomic mass is 16.5. The van der Waals surface area contributed by atoms with E-state index in [1.165, 1.54) is 0 Å². The molecule has 18 heavy (non-hydrogen) atoms. The molecular weight excluding hydrogens is 228 g/mol. The third-order valence-electron chi connectivity index (χ3n) is 3.07. The summed E-state index contributed by atoms with van der Waals surface area (Å²) in [5.74, 6) is 1.00. The summed E-state index contributed by atoms with van der Waals surface area (Å²) in [7, 11) is 0. The zero-order chi connectivity index (χ0) is 13.0. The number of anilines is 1. The molecule has 1 aromatic rings. The summed E-state index contributed by atoms with van der Waals surface area (Å²) < 4.78 is 5.57. The number of hydrogen-bond donors (Lipinski definition) is 1. The van der Waals surface area contributed by atoms with Crippen molar-refractivity contribution in [3.05, 3.63) is 18.1 Å². The Morgan fingerprint density at radius 2 is 2.33 bits per heavy atom. The monoisotopic (exact) mass is 250 g/mol. The maximum atomic E-state index is 5.57. The summed E-state index contributed by atoms with van der Waals surface area (Å²) in [6.45, 7) is 9.63. The van der Waals surface area contributed by atoms with Gasteiger partial charge < -0.3 is 15.0 Å². The Morgan fingerprint density at radius 1 is 1.50 bits per heavy atom. The van der Waals surface area contributed by atoms with Crippen LogP contribution in [0.15, 0.2) is 12.4 Å². The van der Waals surface area contributed by atoms with Crippen LogP contribution in [0.4, 0.5) is 5.82 Å². The van der Waals surface area contributed by atoms with Gasteiger partial charge in [0.15, 0.2) is 0 Å². The van der Waals surface area contributed by atoms with Crippen molar-refractivity contribution < 1.29 is 4.74 Å². The lowest BCUT2D eigenvalue weighted by Gasteiger charge is -2.37. The van der Waals surface area contributed by atoms with Crippen molar-refractivity contribution in [2.75, 3.05) is 31.2 Å². The highest BCUT2D eigenvalue weighted by molar-refractivity contribution is 5.40. The van der Waals surface area contributed by atoms with E-state index in [9.17, 15) is 0 Å². The third-order valence-corrected chi connectivity index (χ3v) is 3.07. The van der Waals surface area contributed by atoms with Crippen LogP contribution in [-0.4, -0.2) is 48.4 Å². The minimum absolute atomic E-state index is 0.343. The molecule has 0 radical (unpaired) electrons. The largest absolute Gasteiger partial charge is 0.377 e. The molecule has 1 N–H and O–H groups in total. The van der Waals surface area contributed by atoms with Crippen molar-refractivity contribution >= 4 is 5.82 Å². The molecule has 0 saturated carbocycles. The average Bonchev–Trinajstić information content (AvgIpc) is 2.36. The summed E-state index contributed by atoms with van der Waals surface area (Å²) in [4.78, 5) is 10.8. The number of hydrogen-bond acceptors (Lipinski definition) is 5. The lowest BCUT2D eigenvalue weighted by molar-refractivity contribution is 0.0927. The topological polar surface area (TPSA) is 50.3 Å². The van der Waals surface area contributed by atoms with Crippen molar-refractivity contribution in [3.8, 4) is 0 Å². The van der Waals surface area contributed by atoms with Crippen LogP contribution in [0.3, 0.4) is 0 Å². The number of rotatable bonds is 4. The standard InChI is InChI=1S/C13H22N4O/c1-10(2)14-7-12-8-18-5-4-17(12)13-6-11(3)15-9-16-13/h6,9-10,12,14H,4-5,7-8H2,1-3H3. The van der Waals surface area contributed by atoms with Crippen LogP contribution in [0, 0.1) is 6.92 Å². The van der Waals surface area contributed by atoms with Crippen LogP contribution >= 0.6 is 0 Å². The Bertz CT molecular complexity index is 383. The first-order valence-corrected chi connectivity index (χ1v) is 6.53. The maximum Gasteiger partial charge on any atom is 0.132 e. The predicted octanol–water partition coefficient (Wildman–Crippen LogP) is 0.988. The number of aryl methyl sites for hydroxylation is 1. The van der Waals surface area contributed by atoms with Gasteiger partial charge in [0, 0.05) is 30.9 Å². The van der Waals surface area contributed by atoms with Crippen LogP contribution in [0.5, 0.6) is 0 Å². The molecule has 0 aromatic carbocycles. The molecule has 2 rings (SSSR count). The Hall–Kier alpha value is -1.20. The normalized spacial score (nSPS) is 20.4. The average molecular weight is 250 g/mol. The van der Waals surface area contributed by atoms with E-state index < -0.39 is 0 Å². The molecule has 0 amide bonds. The highest BCUT2D eigenvalue weighted by Gasteiger charge is 2.24. The van der Waals surface area contributed by atoms with E-state index in [0.717, 1.165) is 37.8 Å². The first-order valence-electron chi connectivity index (χ1n) is 6.53. The van der Waals surface area contributed by atoms with Gasteiger partial charge in [-0.05, 0) is 6.92 Å². The van der Waals surface area contributed by atoms with Crippen LogP contribution in [0.25, 0.3) is 0 Å². The van der Waals surface area contributed by atoms with E-state index in [0.29, 0.717) is 12.1 Å². The van der Waals surface area contributed by atoms with Gasteiger partial charge in [0.25, 0.3) is 0 Å². The second kappa shape index (κ2) is 6.11. The van der Waals surface area contributed by atoms with Gasteiger partial charge in [-0.2, -0.15) is 0 Å². The Kier molecular flexibility index (Phi) is 4.49. The number of ether oxygens (including phenoxy) is 1. The quantitative estimate of drug-likeness (QED) is 0.863. The zero-order valence-electron chi connectivity index (χ0n) is 11.4. The third kappa shape index (κ3) is 3.40.